The van der Waals surface area contributed by atoms with Crippen molar-refractivity contribution in [2.45, 2.75) is 0 Å². The van der Waals surface area contributed by atoms with Crippen molar-refractivity contribution < 1.29 is 0 Å². The first-order valence-corrected chi connectivity index (χ1v) is 20.5. The van der Waals surface area contributed by atoms with Crippen molar-refractivity contribution >= 4 is 70.8 Å². The van der Waals surface area contributed by atoms with Crippen LogP contribution in [0.2, 0.25) is 0 Å². The summed E-state index contributed by atoms with van der Waals surface area (Å²) in [6.45, 7) is 0. The van der Waals surface area contributed by atoms with Gasteiger partial charge in [-0.1, -0.05) is 164 Å². The van der Waals surface area contributed by atoms with Crippen LogP contribution in [0.1, 0.15) is 0 Å². The van der Waals surface area contributed by atoms with Gasteiger partial charge in [0.2, 0.25) is 0 Å². The Bertz CT molecular complexity index is 3790. The minimum absolute atomic E-state index is 0.695. The molecule has 0 spiro atoms. The molecule has 13 rings (SSSR count). The van der Waals surface area contributed by atoms with E-state index in [9.17, 15) is 0 Å². The zero-order chi connectivity index (χ0) is 39.3. The van der Waals surface area contributed by atoms with Gasteiger partial charge in [-0.25, -0.2) is 9.97 Å². The summed E-state index contributed by atoms with van der Waals surface area (Å²) in [6.07, 6.45) is 0. The van der Waals surface area contributed by atoms with Gasteiger partial charge in [-0.05, 0) is 75.8 Å². The topological polar surface area (TPSA) is 35.1 Å². The van der Waals surface area contributed by atoms with E-state index in [1.54, 1.807) is 0 Å². The molecule has 0 fully saturated rings. The van der Waals surface area contributed by atoms with Crippen LogP contribution in [0.5, 0.6) is 0 Å². The van der Waals surface area contributed by atoms with E-state index in [1.807, 2.05) is 0 Å². The fourth-order valence-corrected chi connectivity index (χ4v) is 9.71. The summed E-state index contributed by atoms with van der Waals surface area (Å²) < 4.78 is 4.91. The smallest absolute Gasteiger partial charge is 0.162 e. The van der Waals surface area contributed by atoms with Gasteiger partial charge in [-0.15, -0.1) is 0 Å². The van der Waals surface area contributed by atoms with E-state index in [0.717, 1.165) is 38.9 Å². The van der Waals surface area contributed by atoms with Crippen LogP contribution in [0.15, 0.2) is 206 Å². The fraction of sp³-hybridized carbons (Fsp3) is 0. The molecule has 0 atom stereocenters. The van der Waals surface area contributed by atoms with Crippen molar-refractivity contribution in [3.63, 3.8) is 0 Å². The maximum Gasteiger partial charge on any atom is 0.162 e. The highest BCUT2D eigenvalue weighted by molar-refractivity contribution is 6.36. The number of benzene rings is 9. The molecule has 0 amide bonds. The molecule has 0 unspecified atom stereocenters. The Balaban J connectivity index is 1.16. The average Bonchev–Trinajstić information content (AvgIpc) is 3.96. The molecule has 278 valence electrons. The number of fused-ring (bicyclic) bond motifs is 11. The number of nitrogens with zero attached hydrogens (tertiary/aromatic N) is 4. The quantitative estimate of drug-likeness (QED) is 0.175. The second kappa shape index (κ2) is 12.7. The van der Waals surface area contributed by atoms with E-state index in [0.29, 0.717) is 5.82 Å². The molecule has 0 bridgehead atoms. The van der Waals surface area contributed by atoms with E-state index in [4.69, 9.17) is 9.97 Å². The van der Waals surface area contributed by atoms with Crippen molar-refractivity contribution in [3.8, 4) is 50.6 Å². The first-order valence-electron chi connectivity index (χ1n) is 20.5. The largest absolute Gasteiger partial charge is 0.308 e. The van der Waals surface area contributed by atoms with Gasteiger partial charge in [0.15, 0.2) is 5.82 Å². The molecule has 0 saturated carbocycles. The Labute approximate surface area is 345 Å². The van der Waals surface area contributed by atoms with Gasteiger partial charge >= 0.3 is 0 Å². The molecule has 0 radical (unpaired) electrons. The lowest BCUT2D eigenvalue weighted by Crippen LogP contribution is -2.02. The molecule has 0 N–H and O–H groups in total. The van der Waals surface area contributed by atoms with E-state index in [2.05, 4.69) is 215 Å². The van der Waals surface area contributed by atoms with Crippen molar-refractivity contribution in [1.82, 2.24) is 18.9 Å². The molecule has 13 aromatic rings. The lowest BCUT2D eigenvalue weighted by atomic mass is 9.99. The molecule has 9 aromatic carbocycles. The van der Waals surface area contributed by atoms with Crippen LogP contribution in [0, 0.1) is 0 Å². The number of rotatable bonds is 5. The molecule has 0 aliphatic rings. The monoisotopic (exact) mass is 762 g/mol. The summed E-state index contributed by atoms with van der Waals surface area (Å²) in [5.41, 5.74) is 14.9. The molecule has 4 nitrogen and oxygen atoms in total. The Morgan fingerprint density at radius 3 is 1.60 bits per heavy atom. The van der Waals surface area contributed by atoms with Crippen LogP contribution >= 0.6 is 0 Å². The minimum atomic E-state index is 0.695. The number of aromatic nitrogens is 4. The summed E-state index contributed by atoms with van der Waals surface area (Å²) in [6, 6.07) is 74.2. The van der Waals surface area contributed by atoms with Crippen LogP contribution in [-0.2, 0) is 0 Å². The van der Waals surface area contributed by atoms with Crippen molar-refractivity contribution in [2.75, 3.05) is 0 Å². The van der Waals surface area contributed by atoms with Crippen LogP contribution in [0.3, 0.4) is 0 Å². The van der Waals surface area contributed by atoms with E-state index in [1.165, 1.54) is 76.7 Å². The predicted molar refractivity (Wildman–Crippen MR) is 250 cm³/mol. The first-order chi connectivity index (χ1) is 29.8. The van der Waals surface area contributed by atoms with Crippen LogP contribution in [0.25, 0.3) is 121 Å². The van der Waals surface area contributed by atoms with Crippen molar-refractivity contribution in [2.24, 2.45) is 0 Å². The third kappa shape index (κ3) is 4.79. The highest BCUT2D eigenvalue weighted by Gasteiger charge is 2.26. The Kier molecular flexibility index (Phi) is 6.98. The summed E-state index contributed by atoms with van der Waals surface area (Å²) >= 11 is 0. The molecular formula is C56H34N4. The molecule has 60 heavy (non-hydrogen) atoms. The highest BCUT2D eigenvalue weighted by Crippen LogP contribution is 2.48. The van der Waals surface area contributed by atoms with Crippen LogP contribution in [-0.4, -0.2) is 18.9 Å². The second-order valence-corrected chi connectivity index (χ2v) is 15.8. The van der Waals surface area contributed by atoms with Gasteiger partial charge in [0.05, 0.1) is 33.1 Å². The van der Waals surface area contributed by atoms with Gasteiger partial charge < -0.3 is 4.40 Å². The van der Waals surface area contributed by atoms with Crippen molar-refractivity contribution in [3.05, 3.63) is 206 Å². The Morgan fingerprint density at radius 2 is 0.867 bits per heavy atom. The molecule has 4 aromatic heterocycles. The average molecular weight is 763 g/mol. The first kappa shape index (κ1) is 32.9. The molecule has 0 saturated heterocycles. The number of para-hydroxylation sites is 2. The van der Waals surface area contributed by atoms with E-state index >= 15 is 0 Å². The van der Waals surface area contributed by atoms with Crippen LogP contribution in [0.4, 0.5) is 0 Å². The van der Waals surface area contributed by atoms with Gasteiger partial charge in [0.25, 0.3) is 0 Å². The van der Waals surface area contributed by atoms with Crippen molar-refractivity contribution in [1.29, 1.82) is 0 Å². The Morgan fingerprint density at radius 1 is 0.300 bits per heavy atom. The Hall–Kier alpha value is -8.08. The normalized spacial score (nSPS) is 12.0. The summed E-state index contributed by atoms with van der Waals surface area (Å²) in [7, 11) is 0. The summed E-state index contributed by atoms with van der Waals surface area (Å²) in [4.78, 5) is 10.7. The van der Waals surface area contributed by atoms with Gasteiger partial charge in [0.1, 0.15) is 5.82 Å². The lowest BCUT2D eigenvalue weighted by molar-refractivity contribution is 1.08. The number of hydrogen-bond acceptors (Lipinski definition) is 2. The highest BCUT2D eigenvalue weighted by atomic mass is 15.1. The van der Waals surface area contributed by atoms with Crippen LogP contribution < -0.4 is 0 Å². The second-order valence-electron chi connectivity index (χ2n) is 15.8. The molecule has 0 aliphatic carbocycles. The molecule has 4 heterocycles. The molecular weight excluding hydrogens is 729 g/mol. The van der Waals surface area contributed by atoms with E-state index in [-0.39, 0.29) is 0 Å². The van der Waals surface area contributed by atoms with Gasteiger partial charge in [-0.2, -0.15) is 0 Å². The van der Waals surface area contributed by atoms with E-state index < -0.39 is 0 Å². The van der Waals surface area contributed by atoms with Gasteiger partial charge in [0, 0.05) is 43.3 Å². The third-order valence-electron chi connectivity index (χ3n) is 12.5. The maximum atomic E-state index is 5.53. The third-order valence-corrected chi connectivity index (χ3v) is 12.5. The lowest BCUT2D eigenvalue weighted by Gasteiger charge is -2.13. The zero-order valence-electron chi connectivity index (χ0n) is 32.4. The standard InChI is InChI=1S/C56H34N4/c1-4-14-35(15-5-1)38-24-26-39(27-25-38)55-57-47-22-12-10-20-43(47)56(58-55)60-49-31-29-40(36-16-6-2-7-17-36)32-46(49)52-51(60)34-45-42-30-28-41(37-18-8-3-9-19-37)33-50(42)59-48-23-13-11-21-44(48)53(52)54(45)59/h1-34H. The summed E-state index contributed by atoms with van der Waals surface area (Å²) in [5, 5.41) is 8.38. The molecule has 0 aliphatic heterocycles. The maximum absolute atomic E-state index is 5.53. The van der Waals surface area contributed by atoms with Gasteiger partial charge in [-0.3, -0.25) is 4.57 Å². The molecule has 4 heteroatoms. The number of hydrogen-bond donors (Lipinski definition) is 0. The predicted octanol–water partition coefficient (Wildman–Crippen LogP) is 14.5. The fourth-order valence-electron chi connectivity index (χ4n) is 9.71. The SMILES string of the molecule is c1ccc(-c2ccc(-c3nc(-n4c5ccc(-c6ccccc6)cc5c5c6c7ccccc7n7c8cc(-c9ccccc9)ccc8c(cc54)c67)c4ccccc4n3)cc2)cc1. The zero-order valence-corrected chi connectivity index (χ0v) is 32.4. The summed E-state index contributed by atoms with van der Waals surface area (Å²) in [5.74, 6) is 1.56. The minimum Gasteiger partial charge on any atom is -0.308 e.